The molecule has 2 aromatic rings. The first-order valence-corrected chi connectivity index (χ1v) is 5.56. The predicted molar refractivity (Wildman–Crippen MR) is 65.0 cm³/mol. The van der Waals surface area contributed by atoms with E-state index < -0.39 is 5.97 Å². The van der Waals surface area contributed by atoms with E-state index in [0.29, 0.717) is 17.0 Å². The molecule has 0 saturated heterocycles. The number of rotatable bonds is 3. The summed E-state index contributed by atoms with van der Waals surface area (Å²) in [6, 6.07) is 4.46. The van der Waals surface area contributed by atoms with Crippen LogP contribution in [0, 0.1) is 13.8 Å². The minimum absolute atomic E-state index is 0.0118. The summed E-state index contributed by atoms with van der Waals surface area (Å²) in [4.78, 5) is 23.5. The summed E-state index contributed by atoms with van der Waals surface area (Å²) >= 11 is 0. The Kier molecular flexibility index (Phi) is 3.41. The molecule has 0 N–H and O–H groups in total. The largest absolute Gasteiger partial charge is 0.463 e. The summed E-state index contributed by atoms with van der Waals surface area (Å²) in [5.41, 5.74) is 1.54. The third-order valence-electron chi connectivity index (χ3n) is 2.56. The third kappa shape index (κ3) is 2.52. The highest BCUT2D eigenvalue weighted by Crippen LogP contribution is 2.16. The molecule has 2 rings (SSSR count). The van der Waals surface area contributed by atoms with Crippen LogP contribution >= 0.6 is 0 Å². The zero-order valence-electron chi connectivity index (χ0n) is 10.8. The molecule has 2 aromatic heterocycles. The van der Waals surface area contributed by atoms with Crippen LogP contribution in [0.3, 0.4) is 0 Å². The number of furan rings is 1. The van der Waals surface area contributed by atoms with Gasteiger partial charge in [-0.3, -0.25) is 4.79 Å². The van der Waals surface area contributed by atoms with Crippen LogP contribution in [-0.2, 0) is 4.74 Å². The number of ketones is 1. The van der Waals surface area contributed by atoms with Crippen LogP contribution in [0.5, 0.6) is 0 Å². The van der Waals surface area contributed by atoms with E-state index in [2.05, 4.69) is 14.9 Å². The van der Waals surface area contributed by atoms with Crippen LogP contribution in [0.15, 0.2) is 22.6 Å². The number of hydrogen-bond acceptors (Lipinski definition) is 6. The molecule has 0 unspecified atom stereocenters. The van der Waals surface area contributed by atoms with Crippen molar-refractivity contribution in [3.8, 4) is 0 Å². The smallest absolute Gasteiger partial charge is 0.373 e. The van der Waals surface area contributed by atoms with Crippen molar-refractivity contribution in [2.75, 3.05) is 7.11 Å². The molecule has 0 radical (unpaired) electrons. The number of hydrogen-bond donors (Lipinski definition) is 0. The molecule has 0 bridgehead atoms. The van der Waals surface area contributed by atoms with Crippen molar-refractivity contribution in [3.05, 3.63) is 46.7 Å². The number of carbonyl (C=O) groups is 2. The number of ether oxygens (including phenoxy) is 1. The molecule has 19 heavy (non-hydrogen) atoms. The molecule has 6 nitrogen and oxygen atoms in total. The molecule has 6 heteroatoms. The fraction of sp³-hybridized carbons (Fsp3) is 0.231. The molecular formula is C13H12N2O4. The fourth-order valence-electron chi connectivity index (χ4n) is 1.58. The van der Waals surface area contributed by atoms with Gasteiger partial charge in [-0.1, -0.05) is 0 Å². The zero-order chi connectivity index (χ0) is 14.0. The summed E-state index contributed by atoms with van der Waals surface area (Å²) in [6.07, 6.45) is 0. The average molecular weight is 260 g/mol. The van der Waals surface area contributed by atoms with E-state index in [1.165, 1.54) is 19.2 Å². The fourth-order valence-corrected chi connectivity index (χ4v) is 1.58. The van der Waals surface area contributed by atoms with Gasteiger partial charge in [0.15, 0.2) is 5.76 Å². The van der Waals surface area contributed by atoms with Gasteiger partial charge in [-0.25, -0.2) is 4.79 Å². The first-order chi connectivity index (χ1) is 9.02. The van der Waals surface area contributed by atoms with Gasteiger partial charge >= 0.3 is 5.97 Å². The maximum absolute atomic E-state index is 12.2. The van der Waals surface area contributed by atoms with Gasteiger partial charge in [0, 0.05) is 0 Å². The van der Waals surface area contributed by atoms with Crippen molar-refractivity contribution in [2.45, 2.75) is 13.8 Å². The molecule has 2 heterocycles. The Hall–Kier alpha value is -2.50. The molecule has 0 amide bonds. The molecule has 0 aliphatic rings. The average Bonchev–Trinajstić information content (AvgIpc) is 2.89. The quantitative estimate of drug-likeness (QED) is 0.617. The van der Waals surface area contributed by atoms with Gasteiger partial charge in [-0.05, 0) is 32.0 Å². The lowest BCUT2D eigenvalue weighted by Gasteiger charge is -2.02. The van der Waals surface area contributed by atoms with E-state index in [4.69, 9.17) is 4.42 Å². The molecule has 0 spiro atoms. The third-order valence-corrected chi connectivity index (χ3v) is 2.56. The van der Waals surface area contributed by atoms with Gasteiger partial charge in [-0.15, -0.1) is 0 Å². The Morgan fingerprint density at radius 3 is 2.53 bits per heavy atom. The standard InChI is InChI=1S/C13H12N2O4/c1-7-6-9(8(2)15-14-7)12(16)10-4-5-11(19-10)13(17)18-3/h4-6H,1-3H3. The Bertz CT molecular complexity index is 646. The lowest BCUT2D eigenvalue weighted by molar-refractivity contribution is 0.0563. The van der Waals surface area contributed by atoms with Crippen molar-refractivity contribution < 1.29 is 18.7 Å². The number of nitrogens with zero attached hydrogens (tertiary/aromatic N) is 2. The minimum atomic E-state index is -0.625. The lowest BCUT2D eigenvalue weighted by atomic mass is 10.1. The highest BCUT2D eigenvalue weighted by molar-refractivity contribution is 6.08. The summed E-state index contributed by atoms with van der Waals surface area (Å²) in [6.45, 7) is 3.43. The summed E-state index contributed by atoms with van der Waals surface area (Å²) in [7, 11) is 1.24. The Balaban J connectivity index is 2.36. The summed E-state index contributed by atoms with van der Waals surface area (Å²) in [5, 5.41) is 7.73. The van der Waals surface area contributed by atoms with Gasteiger partial charge in [-0.2, -0.15) is 10.2 Å². The Labute approximate surface area is 109 Å². The number of esters is 1. The van der Waals surface area contributed by atoms with Gasteiger partial charge in [0.05, 0.1) is 24.1 Å². The number of aryl methyl sites for hydroxylation is 2. The van der Waals surface area contributed by atoms with Gasteiger partial charge in [0.2, 0.25) is 11.5 Å². The minimum Gasteiger partial charge on any atom is -0.463 e. The van der Waals surface area contributed by atoms with Crippen LogP contribution in [0.2, 0.25) is 0 Å². The molecular weight excluding hydrogens is 248 g/mol. The van der Waals surface area contributed by atoms with Gasteiger partial charge in [0.1, 0.15) is 0 Å². The van der Waals surface area contributed by atoms with Crippen molar-refractivity contribution in [2.24, 2.45) is 0 Å². The highest BCUT2D eigenvalue weighted by Gasteiger charge is 2.19. The normalized spacial score (nSPS) is 10.3. The number of carbonyl (C=O) groups excluding carboxylic acids is 2. The maximum Gasteiger partial charge on any atom is 0.373 e. The molecule has 0 aliphatic heterocycles. The predicted octanol–water partition coefficient (Wildman–Crippen LogP) is 1.70. The zero-order valence-corrected chi connectivity index (χ0v) is 10.8. The van der Waals surface area contributed by atoms with Crippen LogP contribution in [0.25, 0.3) is 0 Å². The first-order valence-electron chi connectivity index (χ1n) is 5.56. The van der Waals surface area contributed by atoms with Crippen molar-refractivity contribution in [1.82, 2.24) is 10.2 Å². The van der Waals surface area contributed by atoms with E-state index in [9.17, 15) is 9.59 Å². The number of methoxy groups -OCH3 is 1. The number of aromatic nitrogens is 2. The molecule has 0 atom stereocenters. The van der Waals surface area contributed by atoms with Crippen LogP contribution in [-0.4, -0.2) is 29.1 Å². The van der Waals surface area contributed by atoms with Crippen molar-refractivity contribution >= 4 is 11.8 Å². The first kappa shape index (κ1) is 12.9. The topological polar surface area (TPSA) is 82.3 Å². The van der Waals surface area contributed by atoms with Crippen molar-refractivity contribution in [1.29, 1.82) is 0 Å². The summed E-state index contributed by atoms with van der Waals surface area (Å²) < 4.78 is 9.69. The molecule has 0 aliphatic carbocycles. The lowest BCUT2D eigenvalue weighted by Crippen LogP contribution is -2.06. The summed E-state index contributed by atoms with van der Waals surface area (Å²) in [5.74, 6) is -0.913. The molecule has 0 fully saturated rings. The molecule has 0 saturated carbocycles. The second-order valence-corrected chi connectivity index (χ2v) is 3.97. The monoisotopic (exact) mass is 260 g/mol. The van der Waals surface area contributed by atoms with E-state index >= 15 is 0 Å². The van der Waals surface area contributed by atoms with Crippen molar-refractivity contribution in [3.63, 3.8) is 0 Å². The highest BCUT2D eigenvalue weighted by atomic mass is 16.5. The van der Waals surface area contributed by atoms with Gasteiger partial charge in [0.25, 0.3) is 0 Å². The van der Waals surface area contributed by atoms with Crippen LogP contribution < -0.4 is 0 Å². The molecule has 98 valence electrons. The SMILES string of the molecule is COC(=O)c1ccc(C(=O)c2cc(C)nnc2C)o1. The maximum atomic E-state index is 12.2. The van der Waals surface area contributed by atoms with Crippen LogP contribution in [0.4, 0.5) is 0 Å². The van der Waals surface area contributed by atoms with E-state index in [0.717, 1.165) is 0 Å². The Morgan fingerprint density at radius 1 is 1.16 bits per heavy atom. The van der Waals surface area contributed by atoms with Crippen LogP contribution in [0.1, 0.15) is 38.1 Å². The van der Waals surface area contributed by atoms with Gasteiger partial charge < -0.3 is 9.15 Å². The van der Waals surface area contributed by atoms with E-state index in [1.54, 1.807) is 19.9 Å². The second kappa shape index (κ2) is 5.01. The Morgan fingerprint density at radius 2 is 1.84 bits per heavy atom. The van der Waals surface area contributed by atoms with E-state index in [1.807, 2.05) is 0 Å². The second-order valence-electron chi connectivity index (χ2n) is 3.97. The van der Waals surface area contributed by atoms with E-state index in [-0.39, 0.29) is 17.3 Å². The molecule has 0 aromatic carbocycles.